The summed E-state index contributed by atoms with van der Waals surface area (Å²) in [5.74, 6) is 2.52. The van der Waals surface area contributed by atoms with Gasteiger partial charge in [0.2, 0.25) is 0 Å². The second-order valence-corrected chi connectivity index (χ2v) is 15.0. The highest BCUT2D eigenvalue weighted by Gasteiger charge is 2.19. The van der Waals surface area contributed by atoms with E-state index in [-0.39, 0.29) is 0 Å². The number of fused-ring (bicyclic) bond motifs is 6. The summed E-state index contributed by atoms with van der Waals surface area (Å²) in [5, 5.41) is 4.94. The predicted molar refractivity (Wildman–Crippen MR) is 236 cm³/mol. The van der Waals surface area contributed by atoms with Gasteiger partial charge in [0, 0.05) is 44.0 Å². The molecule has 1 unspecified atom stereocenters. The molecule has 3 heterocycles. The van der Waals surface area contributed by atoms with Gasteiger partial charge in [-0.3, -0.25) is 0 Å². The number of benzene rings is 7. The highest BCUT2D eigenvalue weighted by atomic mass is 15.0. The van der Waals surface area contributed by atoms with Crippen molar-refractivity contribution in [3.05, 3.63) is 194 Å². The molecular formula is C52H37N5. The summed E-state index contributed by atoms with van der Waals surface area (Å²) in [7, 11) is 0. The van der Waals surface area contributed by atoms with Gasteiger partial charge >= 0.3 is 0 Å². The molecule has 270 valence electrons. The van der Waals surface area contributed by atoms with E-state index in [0.29, 0.717) is 17.6 Å². The van der Waals surface area contributed by atoms with E-state index in [1.165, 1.54) is 49.2 Å². The maximum absolute atomic E-state index is 5.04. The van der Waals surface area contributed by atoms with Crippen LogP contribution in [0.3, 0.4) is 0 Å². The van der Waals surface area contributed by atoms with E-state index in [4.69, 9.17) is 15.0 Å². The highest BCUT2D eigenvalue weighted by molar-refractivity contribution is 6.12. The van der Waals surface area contributed by atoms with Gasteiger partial charge in [0.15, 0.2) is 17.5 Å². The molecule has 5 heteroatoms. The largest absolute Gasteiger partial charge is 0.309 e. The summed E-state index contributed by atoms with van der Waals surface area (Å²) in [4.78, 5) is 15.0. The lowest BCUT2D eigenvalue weighted by Crippen LogP contribution is -2.06. The van der Waals surface area contributed by atoms with Crippen molar-refractivity contribution in [2.24, 2.45) is 5.92 Å². The third-order valence-electron chi connectivity index (χ3n) is 11.3. The van der Waals surface area contributed by atoms with Gasteiger partial charge in [0.05, 0.1) is 22.1 Å². The van der Waals surface area contributed by atoms with Gasteiger partial charge in [0.1, 0.15) is 0 Å². The molecule has 0 radical (unpaired) electrons. The summed E-state index contributed by atoms with van der Waals surface area (Å²) in [6.07, 6.45) is 7.37. The average molecular weight is 732 g/mol. The number of para-hydroxylation sites is 3. The third kappa shape index (κ3) is 5.66. The quantitative estimate of drug-likeness (QED) is 0.171. The Labute approximate surface area is 330 Å². The summed E-state index contributed by atoms with van der Waals surface area (Å²) in [6, 6.07) is 60.6. The van der Waals surface area contributed by atoms with Gasteiger partial charge < -0.3 is 9.13 Å². The van der Waals surface area contributed by atoms with E-state index in [9.17, 15) is 0 Å². The smallest absolute Gasteiger partial charge is 0.164 e. The van der Waals surface area contributed by atoms with Crippen LogP contribution < -0.4 is 0 Å². The van der Waals surface area contributed by atoms with Gasteiger partial charge in [-0.15, -0.1) is 0 Å². The van der Waals surface area contributed by atoms with Crippen molar-refractivity contribution in [2.75, 3.05) is 0 Å². The Morgan fingerprint density at radius 1 is 0.421 bits per heavy atom. The van der Waals surface area contributed by atoms with Crippen molar-refractivity contribution in [3.8, 4) is 45.3 Å². The van der Waals surface area contributed by atoms with Gasteiger partial charge in [-0.1, -0.05) is 122 Å². The van der Waals surface area contributed by atoms with Crippen molar-refractivity contribution >= 4 is 49.2 Å². The molecule has 10 aromatic rings. The molecule has 0 saturated carbocycles. The molecule has 5 nitrogen and oxygen atoms in total. The fourth-order valence-corrected chi connectivity index (χ4v) is 8.57. The van der Waals surface area contributed by atoms with Crippen molar-refractivity contribution in [1.82, 2.24) is 24.1 Å². The zero-order valence-corrected chi connectivity index (χ0v) is 31.4. The molecule has 0 fully saturated rings. The molecule has 0 amide bonds. The Hall–Kier alpha value is -7.37. The van der Waals surface area contributed by atoms with Crippen LogP contribution in [0.25, 0.3) is 94.5 Å². The Morgan fingerprint density at radius 3 is 1.46 bits per heavy atom. The van der Waals surface area contributed by atoms with Crippen LogP contribution >= 0.6 is 0 Å². The van der Waals surface area contributed by atoms with Crippen LogP contribution in [0, 0.1) is 5.92 Å². The normalized spacial score (nSPS) is 14.2. The number of allylic oxidation sites excluding steroid dienone is 4. The summed E-state index contributed by atoms with van der Waals surface area (Å²) in [5.41, 5.74) is 12.4. The van der Waals surface area contributed by atoms with Crippen molar-refractivity contribution in [1.29, 1.82) is 0 Å². The van der Waals surface area contributed by atoms with E-state index in [1.54, 1.807) is 0 Å². The van der Waals surface area contributed by atoms with Crippen LogP contribution in [-0.2, 0) is 0 Å². The molecule has 0 aliphatic heterocycles. The first kappa shape index (κ1) is 33.0. The Balaban J connectivity index is 1.00. The highest BCUT2D eigenvalue weighted by Crippen LogP contribution is 2.38. The third-order valence-corrected chi connectivity index (χ3v) is 11.3. The topological polar surface area (TPSA) is 48.5 Å². The number of nitrogens with zero attached hydrogens (tertiary/aromatic N) is 5. The van der Waals surface area contributed by atoms with Gasteiger partial charge in [-0.2, -0.15) is 0 Å². The maximum atomic E-state index is 5.04. The lowest BCUT2D eigenvalue weighted by Gasteiger charge is -2.15. The van der Waals surface area contributed by atoms with Crippen molar-refractivity contribution in [3.63, 3.8) is 0 Å². The van der Waals surface area contributed by atoms with Crippen LogP contribution in [0.4, 0.5) is 0 Å². The molecule has 1 atom stereocenters. The minimum absolute atomic E-state index is 0.434. The van der Waals surface area contributed by atoms with Crippen LogP contribution in [0.5, 0.6) is 0 Å². The van der Waals surface area contributed by atoms with E-state index < -0.39 is 0 Å². The number of hydrogen-bond donors (Lipinski definition) is 0. The second-order valence-electron chi connectivity index (χ2n) is 15.0. The lowest BCUT2D eigenvalue weighted by molar-refractivity contribution is 0.742. The standard InChI is InChI=1S/C52H37N5/c1-34-13-12-16-39(31-34)52-54-50(35-14-4-2-5-15-35)53-51(55-52)36-23-27-41(28-24-36)57-47-22-11-9-20-43(47)45-33-38(26-30-49(45)57)37-25-29-48-44(32-37)42-19-8-10-21-46(42)56(48)40-17-6-3-7-18-40/h2-30,32-34H,31H2,1H3. The molecule has 1 aliphatic carbocycles. The second kappa shape index (κ2) is 13.4. The molecule has 11 rings (SSSR count). The molecule has 7 aromatic carbocycles. The Kier molecular flexibility index (Phi) is 7.78. The van der Waals surface area contributed by atoms with Crippen LogP contribution in [0.2, 0.25) is 0 Å². The number of aromatic nitrogens is 5. The molecule has 0 bridgehead atoms. The van der Waals surface area contributed by atoms with Crippen LogP contribution in [0.15, 0.2) is 188 Å². The van der Waals surface area contributed by atoms with E-state index in [2.05, 4.69) is 186 Å². The van der Waals surface area contributed by atoms with E-state index in [0.717, 1.165) is 45.8 Å². The zero-order chi connectivity index (χ0) is 37.9. The van der Waals surface area contributed by atoms with E-state index >= 15 is 0 Å². The lowest BCUT2D eigenvalue weighted by atomic mass is 9.95. The molecule has 3 aromatic heterocycles. The van der Waals surface area contributed by atoms with Crippen molar-refractivity contribution in [2.45, 2.75) is 13.3 Å². The molecular weight excluding hydrogens is 695 g/mol. The molecule has 0 saturated heterocycles. The Morgan fingerprint density at radius 2 is 0.877 bits per heavy atom. The van der Waals surface area contributed by atoms with Gasteiger partial charge in [-0.05, 0) is 102 Å². The summed E-state index contributed by atoms with van der Waals surface area (Å²) >= 11 is 0. The minimum Gasteiger partial charge on any atom is -0.309 e. The Bertz CT molecular complexity index is 3210. The molecule has 1 aliphatic rings. The summed E-state index contributed by atoms with van der Waals surface area (Å²) < 4.78 is 4.73. The first-order valence-electron chi connectivity index (χ1n) is 19.6. The fraction of sp³-hybridized carbons (Fsp3) is 0.0577. The van der Waals surface area contributed by atoms with Gasteiger partial charge in [0.25, 0.3) is 0 Å². The first-order valence-corrected chi connectivity index (χ1v) is 19.6. The number of rotatable bonds is 6. The van der Waals surface area contributed by atoms with Crippen LogP contribution in [0.1, 0.15) is 19.2 Å². The predicted octanol–water partition coefficient (Wildman–Crippen LogP) is 13.0. The maximum Gasteiger partial charge on any atom is 0.164 e. The monoisotopic (exact) mass is 731 g/mol. The first-order chi connectivity index (χ1) is 28.2. The summed E-state index contributed by atoms with van der Waals surface area (Å²) in [6.45, 7) is 2.23. The zero-order valence-electron chi connectivity index (χ0n) is 31.4. The average Bonchev–Trinajstić information content (AvgIpc) is 3.79. The molecule has 0 spiro atoms. The van der Waals surface area contributed by atoms with Crippen molar-refractivity contribution < 1.29 is 0 Å². The fourth-order valence-electron chi connectivity index (χ4n) is 8.57. The SMILES string of the molecule is CC1C=CC=C(c2nc(-c3ccccc3)nc(-c3ccc(-n4c5ccccc5c5cc(-c6ccc7c(c6)c6ccccc6n7-c6ccccc6)ccc54)cc3)n2)C1. The minimum atomic E-state index is 0.434. The van der Waals surface area contributed by atoms with Crippen LogP contribution in [-0.4, -0.2) is 24.1 Å². The molecule has 57 heavy (non-hydrogen) atoms. The molecule has 0 N–H and O–H groups in total. The van der Waals surface area contributed by atoms with Gasteiger partial charge in [-0.25, -0.2) is 15.0 Å². The number of hydrogen-bond acceptors (Lipinski definition) is 3. The van der Waals surface area contributed by atoms with E-state index in [1.807, 2.05) is 18.2 Å².